The van der Waals surface area contributed by atoms with Crippen LogP contribution >= 0.6 is 35.0 Å². The molecule has 5 heteroatoms. The Hall–Kier alpha value is 0.140. The van der Waals surface area contributed by atoms with Crippen molar-refractivity contribution in [2.45, 2.75) is 18.7 Å². The summed E-state index contributed by atoms with van der Waals surface area (Å²) < 4.78 is 1.73. The third-order valence-corrected chi connectivity index (χ3v) is 5.28. The van der Waals surface area contributed by atoms with Crippen LogP contribution in [-0.4, -0.2) is 26.7 Å². The SMILES string of the molecule is Cc1nn(C)c(Cl)c1CC1CSCC1Cl. The Morgan fingerprint density at radius 1 is 1.53 bits per heavy atom. The van der Waals surface area contributed by atoms with Crippen molar-refractivity contribution in [1.82, 2.24) is 9.78 Å². The number of hydrogen-bond donors (Lipinski definition) is 0. The second kappa shape index (κ2) is 4.56. The zero-order valence-corrected chi connectivity index (χ0v) is 11.2. The van der Waals surface area contributed by atoms with Crippen LogP contribution in [-0.2, 0) is 13.5 Å². The van der Waals surface area contributed by atoms with Crippen LogP contribution in [0.2, 0.25) is 5.15 Å². The smallest absolute Gasteiger partial charge is 0.130 e. The molecule has 0 N–H and O–H groups in total. The van der Waals surface area contributed by atoms with Crippen molar-refractivity contribution in [3.63, 3.8) is 0 Å². The van der Waals surface area contributed by atoms with Gasteiger partial charge in [0.15, 0.2) is 0 Å². The minimum atomic E-state index is 0.283. The van der Waals surface area contributed by atoms with E-state index in [0.717, 1.165) is 34.3 Å². The van der Waals surface area contributed by atoms with Crippen LogP contribution in [0.15, 0.2) is 0 Å². The van der Waals surface area contributed by atoms with Gasteiger partial charge in [-0.05, 0) is 25.0 Å². The van der Waals surface area contributed by atoms with Gasteiger partial charge < -0.3 is 0 Å². The van der Waals surface area contributed by atoms with Gasteiger partial charge >= 0.3 is 0 Å². The first kappa shape index (κ1) is 11.6. The van der Waals surface area contributed by atoms with Crippen molar-refractivity contribution in [2.24, 2.45) is 13.0 Å². The Morgan fingerprint density at radius 3 is 2.73 bits per heavy atom. The van der Waals surface area contributed by atoms with Gasteiger partial charge in [0.25, 0.3) is 0 Å². The Balaban J connectivity index is 2.16. The predicted octanol–water partition coefficient (Wildman–Crippen LogP) is 2.89. The van der Waals surface area contributed by atoms with E-state index >= 15 is 0 Å². The number of halogens is 2. The summed E-state index contributed by atoms with van der Waals surface area (Å²) in [6.07, 6.45) is 0.958. The molecule has 2 nitrogen and oxygen atoms in total. The monoisotopic (exact) mass is 264 g/mol. The molecule has 0 aliphatic carbocycles. The molecule has 0 aromatic carbocycles. The number of rotatable bonds is 2. The lowest BCUT2D eigenvalue weighted by molar-refractivity contribution is 0.601. The molecule has 2 unspecified atom stereocenters. The summed E-state index contributed by atoms with van der Waals surface area (Å²) in [6.45, 7) is 2.01. The highest BCUT2D eigenvalue weighted by Gasteiger charge is 2.28. The van der Waals surface area contributed by atoms with Crippen LogP contribution in [0.1, 0.15) is 11.3 Å². The van der Waals surface area contributed by atoms with Crippen LogP contribution in [0.4, 0.5) is 0 Å². The molecular formula is C10H14Cl2N2S. The maximum atomic E-state index is 6.25. The summed E-state index contributed by atoms with van der Waals surface area (Å²) in [5.41, 5.74) is 2.19. The van der Waals surface area contributed by atoms with E-state index in [1.54, 1.807) is 4.68 Å². The predicted molar refractivity (Wildman–Crippen MR) is 67.1 cm³/mol. The fraction of sp³-hybridized carbons (Fsp3) is 0.700. The Morgan fingerprint density at radius 2 is 2.27 bits per heavy atom. The van der Waals surface area contributed by atoms with E-state index in [9.17, 15) is 0 Å². The van der Waals surface area contributed by atoms with Crippen molar-refractivity contribution >= 4 is 35.0 Å². The quantitative estimate of drug-likeness (QED) is 0.765. The van der Waals surface area contributed by atoms with Gasteiger partial charge in [0.1, 0.15) is 5.15 Å². The van der Waals surface area contributed by atoms with Crippen molar-refractivity contribution in [1.29, 1.82) is 0 Å². The zero-order chi connectivity index (χ0) is 11.0. The highest BCUT2D eigenvalue weighted by atomic mass is 35.5. The third kappa shape index (κ3) is 2.29. The number of thioether (sulfide) groups is 1. The van der Waals surface area contributed by atoms with Gasteiger partial charge in [0, 0.05) is 23.7 Å². The van der Waals surface area contributed by atoms with Gasteiger partial charge in [-0.15, -0.1) is 11.6 Å². The molecule has 1 saturated heterocycles. The first-order valence-corrected chi connectivity index (χ1v) is 6.96. The van der Waals surface area contributed by atoms with Gasteiger partial charge in [0.2, 0.25) is 0 Å². The standard InChI is InChI=1S/C10H14Cl2N2S/c1-6-8(10(12)14(2)13-6)3-7-4-15-5-9(7)11/h7,9H,3-5H2,1-2H3. The summed E-state index contributed by atoms with van der Waals surface area (Å²) >= 11 is 14.4. The van der Waals surface area contributed by atoms with Gasteiger partial charge in [-0.3, -0.25) is 4.68 Å². The lowest BCUT2D eigenvalue weighted by Gasteiger charge is -2.12. The molecule has 1 aliphatic rings. The van der Waals surface area contributed by atoms with E-state index in [2.05, 4.69) is 5.10 Å². The molecule has 2 heterocycles. The number of alkyl halides is 1. The number of aromatic nitrogens is 2. The van der Waals surface area contributed by atoms with Gasteiger partial charge in [-0.25, -0.2) is 0 Å². The molecule has 1 aliphatic heterocycles. The molecule has 1 aromatic heterocycles. The first-order valence-electron chi connectivity index (χ1n) is 4.99. The van der Waals surface area contributed by atoms with Crippen LogP contribution in [0.3, 0.4) is 0 Å². The molecule has 0 spiro atoms. The van der Waals surface area contributed by atoms with Crippen LogP contribution < -0.4 is 0 Å². The average molecular weight is 265 g/mol. The van der Waals surface area contributed by atoms with Crippen LogP contribution in [0, 0.1) is 12.8 Å². The summed E-state index contributed by atoms with van der Waals surface area (Å²) in [5.74, 6) is 2.74. The van der Waals surface area contributed by atoms with Gasteiger partial charge in [0.05, 0.1) is 5.69 Å². The second-order valence-electron chi connectivity index (χ2n) is 4.00. The molecule has 2 rings (SSSR count). The summed E-state index contributed by atoms with van der Waals surface area (Å²) in [7, 11) is 1.88. The lowest BCUT2D eigenvalue weighted by Crippen LogP contribution is -2.15. The van der Waals surface area contributed by atoms with Crippen LogP contribution in [0.5, 0.6) is 0 Å². The van der Waals surface area contributed by atoms with Crippen molar-refractivity contribution in [3.05, 3.63) is 16.4 Å². The minimum absolute atomic E-state index is 0.283. The largest absolute Gasteiger partial charge is 0.257 e. The number of aryl methyl sites for hydroxylation is 2. The van der Waals surface area contributed by atoms with Crippen LogP contribution in [0.25, 0.3) is 0 Å². The molecular weight excluding hydrogens is 251 g/mol. The Kier molecular flexibility index (Phi) is 3.53. The molecule has 0 bridgehead atoms. The van der Waals surface area contributed by atoms with E-state index in [0.29, 0.717) is 5.92 Å². The van der Waals surface area contributed by atoms with Crippen molar-refractivity contribution in [3.8, 4) is 0 Å². The summed E-state index contributed by atoms with van der Waals surface area (Å²) in [6, 6.07) is 0. The highest BCUT2D eigenvalue weighted by molar-refractivity contribution is 7.99. The van der Waals surface area contributed by atoms with Crippen molar-refractivity contribution in [2.75, 3.05) is 11.5 Å². The molecule has 15 heavy (non-hydrogen) atoms. The maximum absolute atomic E-state index is 6.25. The zero-order valence-electron chi connectivity index (χ0n) is 8.83. The fourth-order valence-electron chi connectivity index (χ4n) is 1.93. The molecule has 2 atom stereocenters. The topological polar surface area (TPSA) is 17.8 Å². The van der Waals surface area contributed by atoms with E-state index in [1.807, 2.05) is 25.7 Å². The number of hydrogen-bond acceptors (Lipinski definition) is 2. The number of nitrogens with zero attached hydrogens (tertiary/aromatic N) is 2. The molecule has 0 saturated carbocycles. The van der Waals surface area contributed by atoms with E-state index in [4.69, 9.17) is 23.2 Å². The first-order chi connectivity index (χ1) is 7.09. The van der Waals surface area contributed by atoms with Gasteiger partial charge in [-0.2, -0.15) is 16.9 Å². The minimum Gasteiger partial charge on any atom is -0.257 e. The Bertz CT molecular complexity index is 365. The molecule has 1 aromatic rings. The summed E-state index contributed by atoms with van der Waals surface area (Å²) in [4.78, 5) is 0. The van der Waals surface area contributed by atoms with E-state index in [1.165, 1.54) is 0 Å². The maximum Gasteiger partial charge on any atom is 0.130 e. The van der Waals surface area contributed by atoms with Gasteiger partial charge in [-0.1, -0.05) is 11.6 Å². The fourth-order valence-corrected chi connectivity index (χ4v) is 4.02. The van der Waals surface area contributed by atoms with Crippen molar-refractivity contribution < 1.29 is 0 Å². The lowest BCUT2D eigenvalue weighted by atomic mass is 9.99. The molecule has 84 valence electrons. The molecule has 0 radical (unpaired) electrons. The summed E-state index contributed by atoms with van der Waals surface area (Å²) in [5, 5.41) is 5.35. The van der Waals surface area contributed by atoms with E-state index < -0.39 is 0 Å². The average Bonchev–Trinajstić information content (AvgIpc) is 2.67. The van der Waals surface area contributed by atoms with E-state index in [-0.39, 0.29) is 5.38 Å². The normalized spacial score (nSPS) is 26.1. The third-order valence-electron chi connectivity index (χ3n) is 2.86. The Labute approximate surface area is 104 Å². The second-order valence-corrected chi connectivity index (χ2v) is 5.99. The highest BCUT2D eigenvalue weighted by Crippen LogP contribution is 2.33. The molecule has 1 fully saturated rings. The molecule has 0 amide bonds.